The lowest BCUT2D eigenvalue weighted by Gasteiger charge is -2.21. The lowest BCUT2D eigenvalue weighted by molar-refractivity contribution is 0.0789. The minimum Gasteiger partial charge on any atom is -0.486 e. The summed E-state index contributed by atoms with van der Waals surface area (Å²) in [5, 5.41) is 0. The topological polar surface area (TPSA) is 90.6 Å². The van der Waals surface area contributed by atoms with Gasteiger partial charge in [-0.15, -0.1) is 0 Å². The molecule has 0 saturated carbocycles. The number of rotatable bonds is 3. The molecular weight excluding hydrogens is 392 g/mol. The Balaban J connectivity index is 1.34. The van der Waals surface area contributed by atoms with E-state index in [2.05, 4.69) is 11.1 Å². The Bertz CT molecular complexity index is 1130. The third-order valence-electron chi connectivity index (χ3n) is 5.78. The fourth-order valence-electron chi connectivity index (χ4n) is 4.19. The summed E-state index contributed by atoms with van der Waals surface area (Å²) in [6.45, 7) is 4.37. The normalized spacial score (nSPS) is 17.6. The van der Waals surface area contributed by atoms with Gasteiger partial charge in [-0.2, -0.15) is 0 Å². The van der Waals surface area contributed by atoms with Crippen molar-refractivity contribution in [1.29, 1.82) is 0 Å². The molecule has 0 aliphatic carbocycles. The van der Waals surface area contributed by atoms with Crippen LogP contribution in [0.5, 0.6) is 11.5 Å². The second-order valence-corrected chi connectivity index (χ2v) is 7.99. The van der Waals surface area contributed by atoms with Crippen molar-refractivity contribution in [3.63, 3.8) is 0 Å². The summed E-state index contributed by atoms with van der Waals surface area (Å²) in [5.41, 5.74) is 10.4. The largest absolute Gasteiger partial charge is 0.486 e. The number of nitrogens with two attached hydrogens (primary N) is 1. The highest BCUT2D eigenvalue weighted by Gasteiger charge is 2.30. The molecule has 2 aliphatic heterocycles. The van der Waals surface area contributed by atoms with Crippen LogP contribution in [0.2, 0.25) is 0 Å². The van der Waals surface area contributed by atoms with Gasteiger partial charge in [-0.3, -0.25) is 9.78 Å². The molecule has 2 N–H and O–H groups in total. The minimum absolute atomic E-state index is 0.00934. The van der Waals surface area contributed by atoms with Crippen LogP contribution in [0, 0.1) is 6.92 Å². The zero-order valence-electron chi connectivity index (χ0n) is 17.4. The molecule has 0 radical (unpaired) electrons. The van der Waals surface area contributed by atoms with Crippen LogP contribution in [-0.2, 0) is 0 Å². The first kappa shape index (κ1) is 19.4. The number of ether oxygens (including phenoxy) is 2. The van der Waals surface area contributed by atoms with E-state index in [-0.39, 0.29) is 11.8 Å². The van der Waals surface area contributed by atoms with Crippen molar-refractivity contribution in [2.75, 3.05) is 32.0 Å². The number of likely N-dealkylation sites (tertiary alicyclic amines) is 1. The number of amides is 1. The first-order chi connectivity index (χ1) is 15.1. The highest BCUT2D eigenvalue weighted by molar-refractivity contribution is 5.95. The molecule has 3 aromatic rings. The van der Waals surface area contributed by atoms with E-state index in [1.54, 1.807) is 24.4 Å². The summed E-state index contributed by atoms with van der Waals surface area (Å²) in [7, 11) is 0. The van der Waals surface area contributed by atoms with Crippen LogP contribution in [0.1, 0.15) is 34.1 Å². The second-order valence-electron chi connectivity index (χ2n) is 7.99. The minimum atomic E-state index is 0.00934. The quantitative estimate of drug-likeness (QED) is 0.703. The zero-order chi connectivity index (χ0) is 21.4. The molecule has 1 aromatic carbocycles. The number of nitrogen functional groups attached to an aromatic ring is 1. The Labute approximate surface area is 180 Å². The number of benzene rings is 1. The smallest absolute Gasteiger partial charge is 0.254 e. The molecule has 1 saturated heterocycles. The van der Waals surface area contributed by atoms with Crippen molar-refractivity contribution in [3.8, 4) is 22.6 Å². The molecule has 1 amide bonds. The number of hydrogen-bond acceptors (Lipinski definition) is 6. The van der Waals surface area contributed by atoms with E-state index in [0.717, 1.165) is 28.9 Å². The van der Waals surface area contributed by atoms with Gasteiger partial charge >= 0.3 is 0 Å². The van der Waals surface area contributed by atoms with Crippen LogP contribution in [-0.4, -0.2) is 47.1 Å². The Morgan fingerprint density at radius 2 is 1.90 bits per heavy atom. The van der Waals surface area contributed by atoms with Crippen molar-refractivity contribution < 1.29 is 14.3 Å². The van der Waals surface area contributed by atoms with Gasteiger partial charge in [-0.25, -0.2) is 4.98 Å². The predicted molar refractivity (Wildman–Crippen MR) is 117 cm³/mol. The van der Waals surface area contributed by atoms with Gasteiger partial charge < -0.3 is 20.1 Å². The monoisotopic (exact) mass is 416 g/mol. The summed E-state index contributed by atoms with van der Waals surface area (Å²) >= 11 is 0. The summed E-state index contributed by atoms with van der Waals surface area (Å²) in [5.74, 6) is 2.03. The SMILES string of the molecule is Cc1cc(-c2ccc(N)nc2)cc([C@H]2CCN(C(=O)c3ccc4c(c3)OCCO4)C2)n1. The van der Waals surface area contributed by atoms with E-state index < -0.39 is 0 Å². The van der Waals surface area contributed by atoms with Crippen molar-refractivity contribution in [2.45, 2.75) is 19.3 Å². The number of fused-ring (bicyclic) bond motifs is 1. The number of aryl methyl sites for hydroxylation is 1. The van der Waals surface area contributed by atoms with E-state index >= 15 is 0 Å². The molecule has 0 unspecified atom stereocenters. The Hall–Kier alpha value is -3.61. The number of aromatic nitrogens is 2. The third kappa shape index (κ3) is 3.91. The number of anilines is 1. The number of pyridine rings is 2. The molecule has 0 spiro atoms. The predicted octanol–water partition coefficient (Wildman–Crippen LogP) is 3.44. The number of carbonyl (C=O) groups excluding carboxylic acids is 1. The average Bonchev–Trinajstić information content (AvgIpc) is 3.29. The molecule has 31 heavy (non-hydrogen) atoms. The van der Waals surface area contributed by atoms with Crippen molar-refractivity contribution in [2.24, 2.45) is 0 Å². The zero-order valence-corrected chi connectivity index (χ0v) is 17.4. The van der Waals surface area contributed by atoms with Gasteiger partial charge in [0.15, 0.2) is 11.5 Å². The summed E-state index contributed by atoms with van der Waals surface area (Å²) in [4.78, 5) is 23.9. The van der Waals surface area contributed by atoms with Crippen LogP contribution in [0.3, 0.4) is 0 Å². The fraction of sp³-hybridized carbons (Fsp3) is 0.292. The van der Waals surface area contributed by atoms with Crippen LogP contribution in [0.25, 0.3) is 11.1 Å². The number of carbonyl (C=O) groups is 1. The van der Waals surface area contributed by atoms with Crippen molar-refractivity contribution in [1.82, 2.24) is 14.9 Å². The van der Waals surface area contributed by atoms with Crippen LogP contribution >= 0.6 is 0 Å². The molecule has 4 heterocycles. The van der Waals surface area contributed by atoms with Gasteiger partial charge in [-0.05, 0) is 61.4 Å². The summed E-state index contributed by atoms with van der Waals surface area (Å²) in [6, 6.07) is 13.3. The first-order valence-electron chi connectivity index (χ1n) is 10.5. The molecule has 7 nitrogen and oxygen atoms in total. The average molecular weight is 416 g/mol. The number of nitrogens with zero attached hydrogens (tertiary/aromatic N) is 3. The standard InChI is InChI=1S/C24H24N4O3/c1-15-10-19(17-3-5-23(25)26-13-17)11-20(27-15)18-6-7-28(14-18)24(29)16-2-4-21-22(12-16)31-9-8-30-21/h2-5,10-13,18H,6-9,14H2,1H3,(H2,25,26)/t18-/m0/s1. The maximum Gasteiger partial charge on any atom is 0.254 e. The maximum absolute atomic E-state index is 13.1. The van der Waals surface area contributed by atoms with Crippen molar-refractivity contribution >= 4 is 11.7 Å². The first-order valence-corrected chi connectivity index (χ1v) is 10.5. The molecule has 2 aromatic heterocycles. The van der Waals surface area contributed by atoms with Crippen LogP contribution in [0.4, 0.5) is 5.82 Å². The molecule has 0 bridgehead atoms. The highest BCUT2D eigenvalue weighted by atomic mass is 16.6. The van der Waals surface area contributed by atoms with E-state index in [1.165, 1.54) is 0 Å². The molecular formula is C24H24N4O3. The maximum atomic E-state index is 13.1. The van der Waals surface area contributed by atoms with E-state index in [9.17, 15) is 4.79 Å². The fourth-order valence-corrected chi connectivity index (χ4v) is 4.19. The van der Waals surface area contributed by atoms with Gasteiger partial charge in [0.05, 0.1) is 0 Å². The summed E-state index contributed by atoms with van der Waals surface area (Å²) < 4.78 is 11.2. The van der Waals surface area contributed by atoms with Gasteiger partial charge in [0.25, 0.3) is 5.91 Å². The molecule has 1 atom stereocenters. The van der Waals surface area contributed by atoms with Crippen molar-refractivity contribution in [3.05, 3.63) is 65.6 Å². The molecule has 7 heteroatoms. The van der Waals surface area contributed by atoms with Gasteiger partial charge in [0.1, 0.15) is 19.0 Å². The lowest BCUT2D eigenvalue weighted by Crippen LogP contribution is -2.28. The third-order valence-corrected chi connectivity index (χ3v) is 5.78. The van der Waals surface area contributed by atoms with E-state index in [4.69, 9.17) is 20.2 Å². The Morgan fingerprint density at radius 3 is 2.71 bits per heavy atom. The summed E-state index contributed by atoms with van der Waals surface area (Å²) in [6.07, 6.45) is 2.66. The Morgan fingerprint density at radius 1 is 1.06 bits per heavy atom. The lowest BCUT2D eigenvalue weighted by atomic mass is 9.99. The van der Waals surface area contributed by atoms with E-state index in [0.29, 0.717) is 49.2 Å². The van der Waals surface area contributed by atoms with Crippen LogP contribution in [0.15, 0.2) is 48.7 Å². The van der Waals surface area contributed by atoms with E-state index in [1.807, 2.05) is 30.0 Å². The molecule has 2 aliphatic rings. The molecule has 1 fully saturated rings. The van der Waals surface area contributed by atoms with Crippen LogP contribution < -0.4 is 15.2 Å². The molecule has 5 rings (SSSR count). The number of hydrogen-bond donors (Lipinski definition) is 1. The Kier molecular flexibility index (Phi) is 4.94. The second kappa shape index (κ2) is 7.91. The molecule has 158 valence electrons. The van der Waals surface area contributed by atoms with Gasteiger partial charge in [0, 0.05) is 47.7 Å². The highest BCUT2D eigenvalue weighted by Crippen LogP contribution is 2.33. The van der Waals surface area contributed by atoms with Gasteiger partial charge in [-0.1, -0.05) is 0 Å². The van der Waals surface area contributed by atoms with Gasteiger partial charge in [0.2, 0.25) is 0 Å².